The monoisotopic (exact) mass is 450 g/mol. The van der Waals surface area contributed by atoms with Crippen LogP contribution in [0.4, 0.5) is 27.9 Å². The summed E-state index contributed by atoms with van der Waals surface area (Å²) in [7, 11) is 4.32. The van der Waals surface area contributed by atoms with Crippen molar-refractivity contribution in [2.24, 2.45) is 0 Å². The highest BCUT2D eigenvalue weighted by atomic mass is 32.1. The highest BCUT2D eigenvalue weighted by molar-refractivity contribution is 7.16. The third-order valence-corrected chi connectivity index (χ3v) is 7.35. The molecular weight excluding hydrogens is 424 g/mol. The molecule has 1 N–H and O–H groups in total. The first-order chi connectivity index (χ1) is 15.0. The molecular formula is C23H26N6S2. The van der Waals surface area contributed by atoms with Crippen molar-refractivity contribution in [2.75, 3.05) is 55.4 Å². The van der Waals surface area contributed by atoms with Gasteiger partial charge in [-0.15, -0.1) is 22.7 Å². The molecule has 3 heterocycles. The highest BCUT2D eigenvalue weighted by Crippen LogP contribution is 2.35. The first kappa shape index (κ1) is 20.2. The van der Waals surface area contributed by atoms with E-state index in [-0.39, 0.29) is 0 Å². The number of anilines is 5. The summed E-state index contributed by atoms with van der Waals surface area (Å²) >= 11 is 3.35. The van der Waals surface area contributed by atoms with Gasteiger partial charge in [0.05, 0.1) is 15.7 Å². The largest absolute Gasteiger partial charge is 0.369 e. The second kappa shape index (κ2) is 8.45. The van der Waals surface area contributed by atoms with E-state index in [1.165, 1.54) is 15.3 Å². The summed E-state index contributed by atoms with van der Waals surface area (Å²) in [6.45, 7) is 6.31. The molecule has 5 rings (SSSR count). The predicted molar refractivity (Wildman–Crippen MR) is 134 cm³/mol. The van der Waals surface area contributed by atoms with Crippen molar-refractivity contribution >= 4 is 60.8 Å². The van der Waals surface area contributed by atoms with Crippen LogP contribution in [0, 0.1) is 6.92 Å². The summed E-state index contributed by atoms with van der Waals surface area (Å²) in [5.74, 6) is 0. The number of aryl methyl sites for hydroxylation is 1. The van der Waals surface area contributed by atoms with Crippen LogP contribution in [0.1, 0.15) is 4.88 Å². The molecule has 2 aromatic heterocycles. The third kappa shape index (κ3) is 4.37. The normalized spacial score (nSPS) is 14.9. The number of nitrogens with zero attached hydrogens (tertiary/aromatic N) is 5. The van der Waals surface area contributed by atoms with Gasteiger partial charge in [-0.25, -0.2) is 9.97 Å². The van der Waals surface area contributed by atoms with E-state index in [4.69, 9.17) is 0 Å². The van der Waals surface area contributed by atoms with E-state index in [2.05, 4.69) is 87.4 Å². The Morgan fingerprint density at radius 2 is 1.84 bits per heavy atom. The van der Waals surface area contributed by atoms with Gasteiger partial charge in [-0.05, 0) is 50.4 Å². The second-order valence-corrected chi connectivity index (χ2v) is 10.1. The van der Waals surface area contributed by atoms with Crippen molar-refractivity contribution < 1.29 is 0 Å². The number of benzene rings is 2. The van der Waals surface area contributed by atoms with Gasteiger partial charge >= 0.3 is 0 Å². The van der Waals surface area contributed by atoms with E-state index in [1.54, 1.807) is 22.7 Å². The zero-order chi connectivity index (χ0) is 21.4. The second-order valence-electron chi connectivity index (χ2n) is 7.99. The van der Waals surface area contributed by atoms with Crippen molar-refractivity contribution in [2.45, 2.75) is 6.92 Å². The van der Waals surface area contributed by atoms with Gasteiger partial charge in [0.2, 0.25) is 0 Å². The van der Waals surface area contributed by atoms with Gasteiger partial charge in [0.15, 0.2) is 5.13 Å². The maximum absolute atomic E-state index is 4.49. The first-order valence-corrected chi connectivity index (χ1v) is 12.1. The predicted octanol–water partition coefficient (Wildman–Crippen LogP) is 5.32. The van der Waals surface area contributed by atoms with Gasteiger partial charge in [0.25, 0.3) is 0 Å². The molecule has 160 valence electrons. The van der Waals surface area contributed by atoms with E-state index in [9.17, 15) is 0 Å². The lowest BCUT2D eigenvalue weighted by Crippen LogP contribution is -2.44. The van der Waals surface area contributed by atoms with Gasteiger partial charge < -0.3 is 20.0 Å². The number of hydrogen-bond donors (Lipinski definition) is 1. The summed E-state index contributed by atoms with van der Waals surface area (Å²) in [6, 6.07) is 13.2. The van der Waals surface area contributed by atoms with Crippen LogP contribution in [0.3, 0.4) is 0 Å². The highest BCUT2D eigenvalue weighted by Gasteiger charge is 2.17. The number of rotatable bonds is 5. The standard InChI is InChI=1S/C23H26N6S2/c1-16-14-24-23(31-16)26-17-10-19(12-20(11-17)29-8-6-27(2)7-9-29)28(3)18-4-5-21-22(13-18)30-15-25-21/h4-5,10-15H,6-9H2,1-3H3,(H,24,26). The smallest absolute Gasteiger partial charge is 0.187 e. The van der Waals surface area contributed by atoms with Crippen LogP contribution < -0.4 is 15.1 Å². The van der Waals surface area contributed by atoms with Crippen molar-refractivity contribution in [1.29, 1.82) is 0 Å². The number of hydrogen-bond acceptors (Lipinski definition) is 8. The number of aromatic nitrogens is 2. The average molecular weight is 451 g/mol. The molecule has 1 saturated heterocycles. The molecule has 2 aromatic carbocycles. The van der Waals surface area contributed by atoms with Gasteiger partial charge in [-0.3, -0.25) is 0 Å². The Morgan fingerprint density at radius 1 is 1.00 bits per heavy atom. The number of likely N-dealkylation sites (N-methyl/N-ethyl adjacent to an activating group) is 1. The summed E-state index contributed by atoms with van der Waals surface area (Å²) in [5, 5.41) is 4.44. The van der Waals surface area contributed by atoms with Crippen LogP contribution in [0.15, 0.2) is 48.1 Å². The lowest BCUT2D eigenvalue weighted by Gasteiger charge is -2.35. The maximum atomic E-state index is 4.49. The van der Waals surface area contributed by atoms with E-state index >= 15 is 0 Å². The average Bonchev–Trinajstić information content (AvgIpc) is 3.41. The molecule has 0 atom stereocenters. The van der Waals surface area contributed by atoms with Crippen LogP contribution in [-0.2, 0) is 0 Å². The number of piperazine rings is 1. The summed E-state index contributed by atoms with van der Waals surface area (Å²) in [6.07, 6.45) is 1.91. The Balaban J connectivity index is 1.50. The lowest BCUT2D eigenvalue weighted by atomic mass is 10.1. The van der Waals surface area contributed by atoms with Crippen LogP contribution in [0.5, 0.6) is 0 Å². The molecule has 0 spiro atoms. The minimum absolute atomic E-state index is 0.924. The van der Waals surface area contributed by atoms with Crippen molar-refractivity contribution in [3.63, 3.8) is 0 Å². The van der Waals surface area contributed by atoms with Gasteiger partial charge in [-0.2, -0.15) is 0 Å². The van der Waals surface area contributed by atoms with Crippen molar-refractivity contribution in [1.82, 2.24) is 14.9 Å². The maximum Gasteiger partial charge on any atom is 0.187 e. The minimum Gasteiger partial charge on any atom is -0.369 e. The molecule has 0 amide bonds. The van der Waals surface area contributed by atoms with E-state index in [0.29, 0.717) is 0 Å². The van der Waals surface area contributed by atoms with Gasteiger partial charge in [0.1, 0.15) is 0 Å². The summed E-state index contributed by atoms with van der Waals surface area (Å²) in [5.41, 5.74) is 7.56. The Hall–Kier alpha value is -2.68. The van der Waals surface area contributed by atoms with Crippen molar-refractivity contribution in [3.05, 3.63) is 53.0 Å². The van der Waals surface area contributed by atoms with Crippen LogP contribution in [-0.4, -0.2) is 55.1 Å². The molecule has 0 bridgehead atoms. The molecule has 0 aliphatic carbocycles. The van der Waals surface area contributed by atoms with Gasteiger partial charge in [-0.1, -0.05) is 0 Å². The zero-order valence-corrected chi connectivity index (χ0v) is 19.6. The molecule has 6 nitrogen and oxygen atoms in total. The Labute approximate surface area is 190 Å². The minimum atomic E-state index is 0.924. The van der Waals surface area contributed by atoms with Gasteiger partial charge in [0, 0.05) is 67.1 Å². The SMILES string of the molecule is Cc1cnc(Nc2cc(N3CCN(C)CC3)cc(N(C)c3ccc4ncsc4c3)c2)s1. The molecule has 1 aliphatic rings. The molecule has 0 saturated carbocycles. The Kier molecular flexibility index (Phi) is 5.52. The lowest BCUT2D eigenvalue weighted by molar-refractivity contribution is 0.313. The van der Waals surface area contributed by atoms with E-state index < -0.39 is 0 Å². The number of fused-ring (bicyclic) bond motifs is 1. The van der Waals surface area contributed by atoms with Crippen LogP contribution in [0.25, 0.3) is 10.2 Å². The number of thiazole rings is 2. The molecule has 0 radical (unpaired) electrons. The zero-order valence-electron chi connectivity index (χ0n) is 18.0. The molecule has 1 fully saturated rings. The van der Waals surface area contributed by atoms with E-state index in [0.717, 1.165) is 53.9 Å². The summed E-state index contributed by atoms with van der Waals surface area (Å²) < 4.78 is 1.20. The van der Waals surface area contributed by atoms with E-state index in [1.807, 2.05) is 11.7 Å². The Morgan fingerprint density at radius 3 is 2.61 bits per heavy atom. The topological polar surface area (TPSA) is 47.5 Å². The molecule has 0 unspecified atom stereocenters. The fourth-order valence-electron chi connectivity index (χ4n) is 3.85. The number of nitrogens with one attached hydrogen (secondary N) is 1. The molecule has 1 aliphatic heterocycles. The van der Waals surface area contributed by atoms with Crippen molar-refractivity contribution in [3.8, 4) is 0 Å². The fraction of sp³-hybridized carbons (Fsp3) is 0.304. The first-order valence-electron chi connectivity index (χ1n) is 10.4. The summed E-state index contributed by atoms with van der Waals surface area (Å²) in [4.78, 5) is 17.2. The van der Waals surface area contributed by atoms with Crippen LogP contribution >= 0.6 is 22.7 Å². The molecule has 31 heavy (non-hydrogen) atoms. The Bertz CT molecular complexity index is 1190. The molecule has 4 aromatic rings. The quantitative estimate of drug-likeness (QED) is 0.444. The van der Waals surface area contributed by atoms with Crippen LogP contribution in [0.2, 0.25) is 0 Å². The fourth-order valence-corrected chi connectivity index (χ4v) is 5.24. The third-order valence-electron chi connectivity index (χ3n) is 5.73. The molecule has 8 heteroatoms.